The quantitative estimate of drug-likeness (QED) is 0.903. The predicted octanol–water partition coefficient (Wildman–Crippen LogP) is 1.92. The highest BCUT2D eigenvalue weighted by atomic mass is 32.2. The molecule has 1 aromatic rings. The average molecular weight is 314 g/mol. The van der Waals surface area contributed by atoms with Crippen LogP contribution in [0.5, 0.6) is 0 Å². The number of nitrogens with zero attached hydrogens (tertiary/aromatic N) is 1. The van der Waals surface area contributed by atoms with E-state index in [0.29, 0.717) is 22.0 Å². The second-order valence-corrected chi connectivity index (χ2v) is 7.61. The molecule has 0 radical (unpaired) electrons. The molecule has 4 nitrogen and oxygen atoms in total. The van der Waals surface area contributed by atoms with Crippen LogP contribution < -0.4 is 5.73 Å². The zero-order chi connectivity index (χ0) is 14.3. The highest BCUT2D eigenvalue weighted by Gasteiger charge is 2.45. The molecule has 19 heavy (non-hydrogen) atoms. The van der Waals surface area contributed by atoms with E-state index in [1.807, 2.05) is 0 Å². The van der Waals surface area contributed by atoms with Crippen LogP contribution in [0.15, 0.2) is 16.3 Å². The molecule has 1 aliphatic rings. The smallest absolute Gasteiger partial charge is 0.326 e. The predicted molar refractivity (Wildman–Crippen MR) is 65.2 cm³/mol. The van der Waals surface area contributed by atoms with Gasteiger partial charge in [-0.25, -0.2) is 8.42 Å². The summed E-state index contributed by atoms with van der Waals surface area (Å²) in [6.45, 7) is -1.27. The number of halogens is 3. The number of nitrogens with two attached hydrogens (primary N) is 1. The molecule has 9 heteroatoms. The van der Waals surface area contributed by atoms with Gasteiger partial charge in [0.25, 0.3) is 10.0 Å². The maximum Gasteiger partial charge on any atom is 0.402 e. The molecule has 108 valence electrons. The van der Waals surface area contributed by atoms with Gasteiger partial charge in [0, 0.05) is 17.5 Å². The zero-order valence-corrected chi connectivity index (χ0v) is 11.5. The van der Waals surface area contributed by atoms with Crippen molar-refractivity contribution in [3.05, 3.63) is 17.0 Å². The Balaban J connectivity index is 2.29. The van der Waals surface area contributed by atoms with E-state index in [0.717, 1.165) is 11.3 Å². The van der Waals surface area contributed by atoms with Gasteiger partial charge in [0.2, 0.25) is 0 Å². The lowest BCUT2D eigenvalue weighted by Gasteiger charge is -2.22. The summed E-state index contributed by atoms with van der Waals surface area (Å²) in [5.41, 5.74) is 5.38. The third-order valence-corrected chi connectivity index (χ3v) is 6.16. The number of sulfonamides is 1. The van der Waals surface area contributed by atoms with Gasteiger partial charge in [0.15, 0.2) is 0 Å². The largest absolute Gasteiger partial charge is 0.402 e. The molecule has 0 atom stereocenters. The molecular formula is C10H13F3N2O2S2. The van der Waals surface area contributed by atoms with Crippen molar-refractivity contribution < 1.29 is 21.6 Å². The van der Waals surface area contributed by atoms with Crippen molar-refractivity contribution in [1.29, 1.82) is 0 Å². The van der Waals surface area contributed by atoms with Crippen LogP contribution in [0, 0.1) is 0 Å². The van der Waals surface area contributed by atoms with Gasteiger partial charge in [0.05, 0.1) is 0 Å². The van der Waals surface area contributed by atoms with Gasteiger partial charge in [-0.05, 0) is 25.0 Å². The summed E-state index contributed by atoms with van der Waals surface area (Å²) in [7, 11) is -4.08. The zero-order valence-electron chi connectivity index (χ0n) is 9.85. The van der Waals surface area contributed by atoms with Gasteiger partial charge in [-0.1, -0.05) is 0 Å². The molecule has 1 saturated carbocycles. The van der Waals surface area contributed by atoms with Crippen LogP contribution >= 0.6 is 11.3 Å². The van der Waals surface area contributed by atoms with E-state index in [-0.39, 0.29) is 10.8 Å². The van der Waals surface area contributed by atoms with E-state index >= 15 is 0 Å². The summed E-state index contributed by atoms with van der Waals surface area (Å²) >= 11 is 0.917. The molecule has 0 aromatic carbocycles. The molecule has 2 rings (SSSR count). The first kappa shape index (κ1) is 14.8. The first-order chi connectivity index (χ1) is 8.74. The SMILES string of the molecule is NCc1ccc(S(=O)(=O)N(CC(F)(F)F)C2CC2)s1. The Labute approximate surface area is 113 Å². The van der Waals surface area contributed by atoms with E-state index in [2.05, 4.69) is 0 Å². The molecule has 1 fully saturated rings. The van der Waals surface area contributed by atoms with E-state index < -0.39 is 28.8 Å². The summed E-state index contributed by atoms with van der Waals surface area (Å²) in [6.07, 6.45) is -3.58. The van der Waals surface area contributed by atoms with Crippen molar-refractivity contribution in [2.24, 2.45) is 5.73 Å². The summed E-state index contributed by atoms with van der Waals surface area (Å²) in [6, 6.07) is 2.31. The van der Waals surface area contributed by atoms with Gasteiger partial charge in [-0.2, -0.15) is 17.5 Å². The fourth-order valence-electron chi connectivity index (χ4n) is 1.67. The van der Waals surface area contributed by atoms with Crippen molar-refractivity contribution in [3.63, 3.8) is 0 Å². The van der Waals surface area contributed by atoms with Crippen LogP contribution in [0.1, 0.15) is 17.7 Å². The highest BCUT2D eigenvalue weighted by Crippen LogP contribution is 2.36. The normalized spacial score (nSPS) is 17.1. The fraction of sp³-hybridized carbons (Fsp3) is 0.600. The third-order valence-electron chi connectivity index (χ3n) is 2.69. The van der Waals surface area contributed by atoms with Gasteiger partial charge < -0.3 is 5.73 Å². The first-order valence-corrected chi connectivity index (χ1v) is 7.87. The highest BCUT2D eigenvalue weighted by molar-refractivity contribution is 7.91. The lowest BCUT2D eigenvalue weighted by Crippen LogP contribution is -2.40. The number of thiophene rings is 1. The summed E-state index contributed by atoms with van der Waals surface area (Å²) in [5.74, 6) is 0. The Morgan fingerprint density at radius 2 is 2.00 bits per heavy atom. The van der Waals surface area contributed by atoms with Crippen LogP contribution in [0.4, 0.5) is 13.2 Å². The lowest BCUT2D eigenvalue weighted by molar-refractivity contribution is -0.136. The molecule has 2 N–H and O–H groups in total. The van der Waals surface area contributed by atoms with Crippen LogP contribution in [0.2, 0.25) is 0 Å². The van der Waals surface area contributed by atoms with Crippen molar-refractivity contribution in [3.8, 4) is 0 Å². The monoisotopic (exact) mass is 314 g/mol. The minimum absolute atomic E-state index is 0.0795. The molecule has 0 amide bonds. The molecule has 0 saturated heterocycles. The summed E-state index contributed by atoms with van der Waals surface area (Å²) < 4.78 is 62.4. The number of hydrogen-bond donors (Lipinski definition) is 1. The third kappa shape index (κ3) is 3.47. The Morgan fingerprint density at radius 1 is 1.37 bits per heavy atom. The molecule has 0 bridgehead atoms. The second-order valence-electron chi connectivity index (χ2n) is 4.32. The Morgan fingerprint density at radius 3 is 2.42 bits per heavy atom. The fourth-order valence-corrected chi connectivity index (χ4v) is 4.71. The minimum Gasteiger partial charge on any atom is -0.326 e. The van der Waals surface area contributed by atoms with Crippen LogP contribution in [-0.2, 0) is 16.6 Å². The van der Waals surface area contributed by atoms with E-state index in [1.54, 1.807) is 0 Å². The second kappa shape index (κ2) is 5.04. The number of hydrogen-bond acceptors (Lipinski definition) is 4. The standard InChI is InChI=1S/C10H13F3N2O2S2/c11-10(12,13)6-15(7-1-2-7)19(16,17)9-4-3-8(5-14)18-9/h3-4,7H,1-2,5-6,14H2. The van der Waals surface area contributed by atoms with E-state index in [9.17, 15) is 21.6 Å². The van der Waals surface area contributed by atoms with Crippen molar-refractivity contribution >= 4 is 21.4 Å². The Hall–Kier alpha value is -0.640. The van der Waals surface area contributed by atoms with Crippen molar-refractivity contribution in [2.75, 3.05) is 6.54 Å². The molecule has 0 spiro atoms. The molecule has 1 heterocycles. The van der Waals surface area contributed by atoms with Gasteiger partial charge in [-0.15, -0.1) is 11.3 Å². The van der Waals surface area contributed by atoms with Crippen molar-refractivity contribution in [1.82, 2.24) is 4.31 Å². The van der Waals surface area contributed by atoms with E-state index in [1.165, 1.54) is 12.1 Å². The van der Waals surface area contributed by atoms with Crippen LogP contribution in [0.3, 0.4) is 0 Å². The molecule has 1 aromatic heterocycles. The van der Waals surface area contributed by atoms with Gasteiger partial charge in [-0.3, -0.25) is 0 Å². The van der Waals surface area contributed by atoms with Crippen LogP contribution in [-0.4, -0.2) is 31.5 Å². The maximum absolute atomic E-state index is 12.5. The van der Waals surface area contributed by atoms with Gasteiger partial charge >= 0.3 is 6.18 Å². The maximum atomic E-state index is 12.5. The molecular weight excluding hydrogens is 301 g/mol. The lowest BCUT2D eigenvalue weighted by atomic mass is 10.5. The topological polar surface area (TPSA) is 63.4 Å². The average Bonchev–Trinajstić information content (AvgIpc) is 3.00. The Bertz CT molecular complexity index is 549. The van der Waals surface area contributed by atoms with Crippen LogP contribution in [0.25, 0.3) is 0 Å². The minimum atomic E-state index is -4.54. The molecule has 1 aliphatic carbocycles. The Kier molecular flexibility index (Phi) is 3.92. The summed E-state index contributed by atoms with van der Waals surface area (Å²) in [4.78, 5) is 0.626. The number of rotatable bonds is 5. The number of alkyl halides is 3. The summed E-state index contributed by atoms with van der Waals surface area (Å²) in [5, 5.41) is 0. The molecule has 0 aliphatic heterocycles. The van der Waals surface area contributed by atoms with E-state index in [4.69, 9.17) is 5.73 Å². The van der Waals surface area contributed by atoms with Gasteiger partial charge in [0.1, 0.15) is 10.8 Å². The van der Waals surface area contributed by atoms with Crippen molar-refractivity contribution in [2.45, 2.75) is 35.8 Å². The first-order valence-electron chi connectivity index (χ1n) is 5.61. The molecule has 0 unspecified atom stereocenters.